The van der Waals surface area contributed by atoms with E-state index in [-0.39, 0.29) is 5.91 Å². The van der Waals surface area contributed by atoms with Crippen LogP contribution in [0.5, 0.6) is 0 Å². The number of carbonyl (C=O) groups is 1. The molecule has 1 amide bonds. The van der Waals surface area contributed by atoms with E-state index in [4.69, 9.17) is 4.74 Å². The summed E-state index contributed by atoms with van der Waals surface area (Å²) >= 11 is 4.26. The van der Waals surface area contributed by atoms with Gasteiger partial charge in [0.1, 0.15) is 0 Å². The first kappa shape index (κ1) is 14.1. The summed E-state index contributed by atoms with van der Waals surface area (Å²) < 4.78 is 4.97. The zero-order valence-electron chi connectivity index (χ0n) is 10.6. The Morgan fingerprint density at radius 1 is 1.47 bits per heavy atom. The highest BCUT2D eigenvalue weighted by Crippen LogP contribution is 2.15. The monoisotopic (exact) mass is 253 g/mol. The van der Waals surface area contributed by atoms with Crippen LogP contribution in [0.3, 0.4) is 0 Å². The summed E-state index contributed by atoms with van der Waals surface area (Å²) in [5.41, 5.74) is 1.70. The van der Waals surface area contributed by atoms with Gasteiger partial charge in [0.25, 0.3) is 5.91 Å². The first-order valence-corrected chi connectivity index (χ1v) is 6.05. The predicted molar refractivity (Wildman–Crippen MR) is 71.9 cm³/mol. The Kier molecular flexibility index (Phi) is 5.51. The van der Waals surface area contributed by atoms with Crippen LogP contribution < -0.4 is 0 Å². The number of ether oxygens (including phenoxy) is 1. The van der Waals surface area contributed by atoms with Gasteiger partial charge < -0.3 is 9.64 Å². The molecule has 0 aromatic heterocycles. The molecule has 1 aromatic carbocycles. The zero-order valence-corrected chi connectivity index (χ0v) is 11.5. The maximum atomic E-state index is 12.2. The standard InChI is InChI=1S/C13H19NO2S/c1-10-5-6-11(17)9-12(10)13(15)14(2)7-4-8-16-3/h5-6,9,17H,4,7-8H2,1-3H3. The second-order valence-electron chi connectivity index (χ2n) is 4.07. The molecular weight excluding hydrogens is 234 g/mol. The lowest BCUT2D eigenvalue weighted by atomic mass is 10.1. The Morgan fingerprint density at radius 3 is 2.82 bits per heavy atom. The van der Waals surface area contributed by atoms with E-state index >= 15 is 0 Å². The number of amides is 1. The molecular formula is C13H19NO2S. The first-order chi connectivity index (χ1) is 8.06. The third kappa shape index (κ3) is 4.06. The Morgan fingerprint density at radius 2 is 2.18 bits per heavy atom. The van der Waals surface area contributed by atoms with Crippen molar-refractivity contribution in [2.45, 2.75) is 18.2 Å². The van der Waals surface area contributed by atoms with E-state index in [2.05, 4.69) is 12.6 Å². The molecule has 0 aliphatic carbocycles. The number of aryl methyl sites for hydroxylation is 1. The van der Waals surface area contributed by atoms with Gasteiger partial charge in [-0.25, -0.2) is 0 Å². The highest BCUT2D eigenvalue weighted by atomic mass is 32.1. The molecule has 0 saturated heterocycles. The third-order valence-corrected chi connectivity index (χ3v) is 2.92. The highest BCUT2D eigenvalue weighted by molar-refractivity contribution is 7.80. The number of benzene rings is 1. The smallest absolute Gasteiger partial charge is 0.253 e. The van der Waals surface area contributed by atoms with Gasteiger partial charge in [-0.15, -0.1) is 12.6 Å². The number of nitrogens with zero attached hydrogens (tertiary/aromatic N) is 1. The molecule has 0 N–H and O–H groups in total. The van der Waals surface area contributed by atoms with Crippen molar-refractivity contribution >= 4 is 18.5 Å². The molecule has 0 spiro atoms. The largest absolute Gasteiger partial charge is 0.385 e. The molecule has 0 aliphatic rings. The van der Waals surface area contributed by atoms with E-state index in [9.17, 15) is 4.79 Å². The van der Waals surface area contributed by atoms with Gasteiger partial charge in [0, 0.05) is 37.8 Å². The van der Waals surface area contributed by atoms with Crippen LogP contribution in [0.4, 0.5) is 0 Å². The molecule has 94 valence electrons. The molecule has 0 aliphatic heterocycles. The molecule has 4 heteroatoms. The Bertz CT molecular complexity index is 393. The molecule has 1 rings (SSSR count). The molecule has 0 unspecified atom stereocenters. The molecule has 0 radical (unpaired) electrons. The van der Waals surface area contributed by atoms with Crippen molar-refractivity contribution in [2.24, 2.45) is 0 Å². The lowest BCUT2D eigenvalue weighted by Crippen LogP contribution is -2.29. The number of hydrogen-bond acceptors (Lipinski definition) is 3. The van der Waals surface area contributed by atoms with Gasteiger partial charge in [-0.3, -0.25) is 4.79 Å². The molecule has 17 heavy (non-hydrogen) atoms. The fraction of sp³-hybridized carbons (Fsp3) is 0.462. The zero-order chi connectivity index (χ0) is 12.8. The van der Waals surface area contributed by atoms with Gasteiger partial charge in [-0.1, -0.05) is 6.07 Å². The quantitative estimate of drug-likeness (QED) is 0.645. The first-order valence-electron chi connectivity index (χ1n) is 5.60. The molecule has 1 aromatic rings. The number of rotatable bonds is 5. The van der Waals surface area contributed by atoms with Crippen molar-refractivity contribution in [3.05, 3.63) is 29.3 Å². The molecule has 0 heterocycles. The Balaban J connectivity index is 2.71. The average molecular weight is 253 g/mol. The Labute approximate surface area is 108 Å². The Hall–Kier alpha value is -1.00. The van der Waals surface area contributed by atoms with Crippen molar-refractivity contribution in [1.29, 1.82) is 0 Å². The van der Waals surface area contributed by atoms with E-state index in [1.165, 1.54) is 0 Å². The molecule has 0 fully saturated rings. The van der Waals surface area contributed by atoms with Crippen LogP contribution in [0.2, 0.25) is 0 Å². The SMILES string of the molecule is COCCCN(C)C(=O)c1cc(S)ccc1C. The summed E-state index contributed by atoms with van der Waals surface area (Å²) in [6, 6.07) is 5.62. The number of hydrogen-bond donors (Lipinski definition) is 1. The van der Waals surface area contributed by atoms with Crippen molar-refractivity contribution < 1.29 is 9.53 Å². The molecule has 0 atom stereocenters. The minimum absolute atomic E-state index is 0.0366. The van der Waals surface area contributed by atoms with Crippen LogP contribution in [0.1, 0.15) is 22.3 Å². The van der Waals surface area contributed by atoms with Crippen molar-refractivity contribution in [3.63, 3.8) is 0 Å². The molecule has 0 bridgehead atoms. The number of thiol groups is 1. The highest BCUT2D eigenvalue weighted by Gasteiger charge is 2.13. The van der Waals surface area contributed by atoms with Gasteiger partial charge in [0.05, 0.1) is 0 Å². The van der Waals surface area contributed by atoms with E-state index in [0.717, 1.165) is 22.4 Å². The maximum absolute atomic E-state index is 12.2. The average Bonchev–Trinajstić information content (AvgIpc) is 2.31. The van der Waals surface area contributed by atoms with E-state index in [1.54, 1.807) is 12.0 Å². The van der Waals surface area contributed by atoms with E-state index < -0.39 is 0 Å². The molecule has 3 nitrogen and oxygen atoms in total. The van der Waals surface area contributed by atoms with Gasteiger partial charge in [-0.2, -0.15) is 0 Å². The summed E-state index contributed by atoms with van der Waals surface area (Å²) in [4.78, 5) is 14.7. The lowest BCUT2D eigenvalue weighted by molar-refractivity contribution is 0.0778. The second-order valence-corrected chi connectivity index (χ2v) is 4.59. The number of carbonyl (C=O) groups excluding carboxylic acids is 1. The van der Waals surface area contributed by atoms with Crippen LogP contribution >= 0.6 is 12.6 Å². The minimum atomic E-state index is 0.0366. The van der Waals surface area contributed by atoms with Gasteiger partial charge in [0.2, 0.25) is 0 Å². The van der Waals surface area contributed by atoms with Crippen molar-refractivity contribution in [2.75, 3.05) is 27.3 Å². The number of methoxy groups -OCH3 is 1. The predicted octanol–water partition coefficient (Wildman–Crippen LogP) is 2.39. The minimum Gasteiger partial charge on any atom is -0.385 e. The van der Waals surface area contributed by atoms with Crippen LogP contribution in [-0.2, 0) is 4.74 Å². The van der Waals surface area contributed by atoms with Crippen molar-refractivity contribution in [3.8, 4) is 0 Å². The van der Waals surface area contributed by atoms with E-state index in [0.29, 0.717) is 13.2 Å². The van der Waals surface area contributed by atoms with Gasteiger partial charge in [-0.05, 0) is 31.0 Å². The third-order valence-electron chi connectivity index (χ3n) is 2.64. The van der Waals surface area contributed by atoms with Crippen LogP contribution in [0, 0.1) is 6.92 Å². The summed E-state index contributed by atoms with van der Waals surface area (Å²) in [6.45, 7) is 3.30. The summed E-state index contributed by atoms with van der Waals surface area (Å²) in [5, 5.41) is 0. The summed E-state index contributed by atoms with van der Waals surface area (Å²) in [5.74, 6) is 0.0366. The maximum Gasteiger partial charge on any atom is 0.253 e. The van der Waals surface area contributed by atoms with Crippen LogP contribution in [-0.4, -0.2) is 38.1 Å². The fourth-order valence-corrected chi connectivity index (χ4v) is 1.80. The second kappa shape index (κ2) is 6.67. The normalized spacial score (nSPS) is 10.4. The topological polar surface area (TPSA) is 29.5 Å². The fourth-order valence-electron chi connectivity index (χ4n) is 1.59. The van der Waals surface area contributed by atoms with Gasteiger partial charge >= 0.3 is 0 Å². The van der Waals surface area contributed by atoms with Crippen molar-refractivity contribution in [1.82, 2.24) is 4.90 Å². The van der Waals surface area contributed by atoms with Crippen LogP contribution in [0.15, 0.2) is 23.1 Å². The summed E-state index contributed by atoms with van der Waals surface area (Å²) in [7, 11) is 3.47. The van der Waals surface area contributed by atoms with Gasteiger partial charge in [0.15, 0.2) is 0 Å². The van der Waals surface area contributed by atoms with Crippen LogP contribution in [0.25, 0.3) is 0 Å². The molecule has 0 saturated carbocycles. The summed E-state index contributed by atoms with van der Waals surface area (Å²) in [6.07, 6.45) is 0.846. The van der Waals surface area contributed by atoms with E-state index in [1.807, 2.05) is 32.2 Å². The lowest BCUT2D eigenvalue weighted by Gasteiger charge is -2.18.